The quantitative estimate of drug-likeness (QED) is 0.711. The molecule has 0 bridgehead atoms. The zero-order valence-corrected chi connectivity index (χ0v) is 12.7. The van der Waals surface area contributed by atoms with Crippen molar-refractivity contribution in [3.63, 3.8) is 0 Å². The molecule has 1 heterocycles. The predicted molar refractivity (Wildman–Crippen MR) is 82.6 cm³/mol. The molecule has 0 spiro atoms. The van der Waals surface area contributed by atoms with Crippen LogP contribution in [0.25, 0.3) is 17.1 Å². The third kappa shape index (κ3) is 3.73. The third-order valence-electron chi connectivity index (χ3n) is 3.33. The van der Waals surface area contributed by atoms with E-state index in [4.69, 9.17) is 0 Å². The van der Waals surface area contributed by atoms with E-state index in [1.54, 1.807) is 0 Å². The number of aromatic nitrogens is 3. The molecule has 123 valence electrons. The molecule has 3 aromatic rings. The Bertz CT molecular complexity index is 808. The van der Waals surface area contributed by atoms with Gasteiger partial charge in [-0.25, -0.2) is 9.67 Å². The van der Waals surface area contributed by atoms with Crippen molar-refractivity contribution in [3.8, 4) is 22.8 Å². The third-order valence-corrected chi connectivity index (χ3v) is 3.33. The summed E-state index contributed by atoms with van der Waals surface area (Å²) in [5, 5.41) is 4.34. The van der Waals surface area contributed by atoms with Gasteiger partial charge in [0.2, 0.25) is 0 Å². The SMILES string of the molecule is C[CH]c1ccc(-c2ncn(-c3ccc(OC(F)(F)F)cc3)n2)cc1. The highest BCUT2D eigenvalue weighted by atomic mass is 19.4. The Labute approximate surface area is 136 Å². The first kappa shape index (κ1) is 16.0. The van der Waals surface area contributed by atoms with Crippen molar-refractivity contribution < 1.29 is 17.9 Å². The topological polar surface area (TPSA) is 39.9 Å². The molecule has 0 aliphatic heterocycles. The number of hydrogen-bond acceptors (Lipinski definition) is 3. The van der Waals surface area contributed by atoms with Gasteiger partial charge in [0.05, 0.1) is 5.69 Å². The molecule has 0 aliphatic rings. The maximum Gasteiger partial charge on any atom is 0.573 e. The van der Waals surface area contributed by atoms with Gasteiger partial charge in [0.15, 0.2) is 5.82 Å². The summed E-state index contributed by atoms with van der Waals surface area (Å²) >= 11 is 0. The predicted octanol–water partition coefficient (Wildman–Crippen LogP) is 4.41. The monoisotopic (exact) mass is 332 g/mol. The highest BCUT2D eigenvalue weighted by molar-refractivity contribution is 5.55. The number of rotatable bonds is 4. The van der Waals surface area contributed by atoms with Gasteiger partial charge in [-0.1, -0.05) is 31.2 Å². The van der Waals surface area contributed by atoms with Crippen molar-refractivity contribution in [3.05, 3.63) is 66.8 Å². The molecule has 0 amide bonds. The molecule has 2 aromatic carbocycles. The zero-order valence-electron chi connectivity index (χ0n) is 12.7. The number of hydrogen-bond donors (Lipinski definition) is 0. The van der Waals surface area contributed by atoms with Gasteiger partial charge in [0.1, 0.15) is 12.1 Å². The maximum atomic E-state index is 12.2. The van der Waals surface area contributed by atoms with Crippen LogP contribution in [0.2, 0.25) is 0 Å². The number of benzene rings is 2. The van der Waals surface area contributed by atoms with E-state index in [1.807, 2.05) is 37.6 Å². The van der Waals surface area contributed by atoms with Crippen LogP contribution in [0, 0.1) is 6.42 Å². The van der Waals surface area contributed by atoms with Crippen molar-refractivity contribution in [2.45, 2.75) is 13.3 Å². The van der Waals surface area contributed by atoms with Crippen LogP contribution in [-0.2, 0) is 0 Å². The van der Waals surface area contributed by atoms with Gasteiger partial charge in [-0.3, -0.25) is 0 Å². The zero-order chi connectivity index (χ0) is 17.2. The van der Waals surface area contributed by atoms with Crippen LogP contribution in [0.3, 0.4) is 0 Å². The summed E-state index contributed by atoms with van der Waals surface area (Å²) in [6, 6.07) is 13.2. The van der Waals surface area contributed by atoms with Gasteiger partial charge >= 0.3 is 6.36 Å². The van der Waals surface area contributed by atoms with Crippen molar-refractivity contribution in [1.82, 2.24) is 14.8 Å². The molecule has 7 heteroatoms. The summed E-state index contributed by atoms with van der Waals surface area (Å²) in [6.45, 7) is 1.95. The lowest BCUT2D eigenvalue weighted by atomic mass is 10.1. The second-order valence-corrected chi connectivity index (χ2v) is 4.97. The molecule has 0 aliphatic carbocycles. The summed E-state index contributed by atoms with van der Waals surface area (Å²) in [4.78, 5) is 4.23. The Morgan fingerprint density at radius 1 is 1.00 bits per heavy atom. The lowest BCUT2D eigenvalue weighted by molar-refractivity contribution is -0.274. The van der Waals surface area contributed by atoms with Gasteiger partial charge in [-0.05, 0) is 36.2 Å². The lowest BCUT2D eigenvalue weighted by Crippen LogP contribution is -2.17. The van der Waals surface area contributed by atoms with Crippen LogP contribution in [0.5, 0.6) is 5.75 Å². The second-order valence-electron chi connectivity index (χ2n) is 4.97. The fourth-order valence-corrected chi connectivity index (χ4v) is 2.14. The first-order valence-electron chi connectivity index (χ1n) is 7.12. The van der Waals surface area contributed by atoms with Gasteiger partial charge in [-0.2, -0.15) is 0 Å². The van der Waals surface area contributed by atoms with Crippen molar-refractivity contribution >= 4 is 0 Å². The molecule has 0 saturated heterocycles. The summed E-state index contributed by atoms with van der Waals surface area (Å²) in [5.74, 6) is 0.256. The second kappa shape index (κ2) is 6.35. The van der Waals surface area contributed by atoms with E-state index >= 15 is 0 Å². The molecular formula is C17H13F3N3O. The Morgan fingerprint density at radius 3 is 2.25 bits per heavy atom. The highest BCUT2D eigenvalue weighted by Gasteiger charge is 2.30. The average molecular weight is 332 g/mol. The van der Waals surface area contributed by atoms with Crippen molar-refractivity contribution in [1.29, 1.82) is 0 Å². The lowest BCUT2D eigenvalue weighted by Gasteiger charge is -2.09. The van der Waals surface area contributed by atoms with Crippen LogP contribution in [0.4, 0.5) is 13.2 Å². The minimum atomic E-state index is -4.70. The molecule has 0 saturated carbocycles. The van der Waals surface area contributed by atoms with Crippen LogP contribution < -0.4 is 4.74 Å². The summed E-state index contributed by atoms with van der Waals surface area (Å²) < 4.78 is 41.8. The van der Waals surface area contributed by atoms with Crippen LogP contribution in [-0.4, -0.2) is 21.1 Å². The van der Waals surface area contributed by atoms with Crippen molar-refractivity contribution in [2.75, 3.05) is 0 Å². The first-order chi connectivity index (χ1) is 11.4. The summed E-state index contributed by atoms with van der Waals surface area (Å²) in [5.41, 5.74) is 2.54. The minimum Gasteiger partial charge on any atom is -0.406 e. The number of nitrogens with zero attached hydrogens (tertiary/aromatic N) is 3. The van der Waals surface area contributed by atoms with E-state index in [0.717, 1.165) is 11.1 Å². The Balaban J connectivity index is 1.79. The van der Waals surface area contributed by atoms with Crippen LogP contribution >= 0.6 is 0 Å². The van der Waals surface area contributed by atoms with E-state index < -0.39 is 6.36 Å². The highest BCUT2D eigenvalue weighted by Crippen LogP contribution is 2.24. The largest absolute Gasteiger partial charge is 0.573 e. The Hall–Kier alpha value is -2.83. The van der Waals surface area contributed by atoms with E-state index in [1.165, 1.54) is 35.3 Å². The van der Waals surface area contributed by atoms with Crippen LogP contribution in [0.15, 0.2) is 54.9 Å². The number of ether oxygens (including phenoxy) is 1. The number of alkyl halides is 3. The molecule has 1 radical (unpaired) electrons. The van der Waals surface area contributed by atoms with Crippen LogP contribution in [0.1, 0.15) is 12.5 Å². The molecule has 0 atom stereocenters. The standard InChI is InChI=1S/C17H13F3N3O/c1-2-12-3-5-13(6-4-12)16-21-11-23(22-16)14-7-9-15(10-8-14)24-17(18,19)20/h2-11H,1H3. The maximum absolute atomic E-state index is 12.2. The van der Waals surface area contributed by atoms with Gasteiger partial charge in [0, 0.05) is 5.56 Å². The van der Waals surface area contributed by atoms with E-state index in [9.17, 15) is 13.2 Å². The molecule has 1 aromatic heterocycles. The molecule has 0 fully saturated rings. The smallest absolute Gasteiger partial charge is 0.406 e. The molecule has 24 heavy (non-hydrogen) atoms. The Morgan fingerprint density at radius 2 is 1.67 bits per heavy atom. The molecular weight excluding hydrogens is 319 g/mol. The molecule has 0 unspecified atom stereocenters. The molecule has 3 rings (SSSR count). The van der Waals surface area contributed by atoms with Gasteiger partial charge in [-0.15, -0.1) is 18.3 Å². The van der Waals surface area contributed by atoms with E-state index in [2.05, 4.69) is 14.8 Å². The van der Waals surface area contributed by atoms with E-state index in [-0.39, 0.29) is 5.75 Å². The first-order valence-corrected chi connectivity index (χ1v) is 7.12. The molecule has 0 N–H and O–H groups in total. The summed E-state index contributed by atoms with van der Waals surface area (Å²) in [7, 11) is 0. The molecule has 4 nitrogen and oxygen atoms in total. The summed E-state index contributed by atoms with van der Waals surface area (Å²) in [6.07, 6.45) is -1.21. The van der Waals surface area contributed by atoms with Crippen molar-refractivity contribution in [2.24, 2.45) is 0 Å². The minimum absolute atomic E-state index is 0.280. The fraction of sp³-hybridized carbons (Fsp3) is 0.118. The fourth-order valence-electron chi connectivity index (χ4n) is 2.14. The van der Waals surface area contributed by atoms with E-state index in [0.29, 0.717) is 11.5 Å². The van der Waals surface area contributed by atoms with Gasteiger partial charge in [0.25, 0.3) is 0 Å². The number of halogens is 3. The normalized spacial score (nSPS) is 11.5. The van der Waals surface area contributed by atoms with Gasteiger partial charge < -0.3 is 4.74 Å². The average Bonchev–Trinajstić information content (AvgIpc) is 3.04. The Kier molecular flexibility index (Phi) is 4.24.